The molecule has 0 aliphatic heterocycles. The molecule has 0 atom stereocenters. The predicted octanol–water partition coefficient (Wildman–Crippen LogP) is 3.63. The molecule has 0 aliphatic carbocycles. The summed E-state index contributed by atoms with van der Waals surface area (Å²) in [7, 11) is 0. The maximum absolute atomic E-state index is 4.37. The van der Waals surface area contributed by atoms with E-state index in [2.05, 4.69) is 30.7 Å². The van der Waals surface area contributed by atoms with Crippen LogP contribution in [0.15, 0.2) is 18.6 Å². The Morgan fingerprint density at radius 1 is 1.13 bits per heavy atom. The number of nitrogens with zero attached hydrogens (tertiary/aromatic N) is 2. The fraction of sp³-hybridized carbons (Fsp3) is 0.692. The summed E-state index contributed by atoms with van der Waals surface area (Å²) < 4.78 is 0. The predicted molar refractivity (Wildman–Crippen MR) is 63.7 cm³/mol. The first-order valence-corrected chi connectivity index (χ1v) is 5.95. The standard InChI is InChI=1S/C13H22N2/c1-4-6-13(3,7-5-2)10-12-11-14-8-9-15-12/h8-9,11H,4-7,10H2,1-3H3. The number of hydrogen-bond donors (Lipinski definition) is 0. The van der Waals surface area contributed by atoms with Crippen LogP contribution in [0.25, 0.3) is 0 Å². The summed E-state index contributed by atoms with van der Waals surface area (Å²) >= 11 is 0. The van der Waals surface area contributed by atoms with E-state index in [1.165, 1.54) is 25.7 Å². The van der Waals surface area contributed by atoms with Gasteiger partial charge in [0.15, 0.2) is 0 Å². The Labute approximate surface area is 93.2 Å². The van der Waals surface area contributed by atoms with Gasteiger partial charge in [0.2, 0.25) is 0 Å². The highest BCUT2D eigenvalue weighted by molar-refractivity contribution is 4.99. The first-order chi connectivity index (χ1) is 7.20. The van der Waals surface area contributed by atoms with Crippen molar-refractivity contribution in [1.82, 2.24) is 9.97 Å². The summed E-state index contributed by atoms with van der Waals surface area (Å²) in [5.41, 5.74) is 1.53. The van der Waals surface area contributed by atoms with E-state index in [-0.39, 0.29) is 0 Å². The van der Waals surface area contributed by atoms with Crippen molar-refractivity contribution in [2.45, 2.75) is 52.9 Å². The lowest BCUT2D eigenvalue weighted by Gasteiger charge is -2.28. The highest BCUT2D eigenvalue weighted by Gasteiger charge is 2.23. The van der Waals surface area contributed by atoms with Crippen molar-refractivity contribution < 1.29 is 0 Å². The van der Waals surface area contributed by atoms with Crippen LogP contribution in [0.1, 0.15) is 52.1 Å². The van der Waals surface area contributed by atoms with E-state index in [1.807, 2.05) is 6.20 Å². The molecule has 0 aliphatic rings. The van der Waals surface area contributed by atoms with Gasteiger partial charge in [-0.3, -0.25) is 9.97 Å². The summed E-state index contributed by atoms with van der Waals surface area (Å²) in [5.74, 6) is 0. The highest BCUT2D eigenvalue weighted by atomic mass is 14.8. The SMILES string of the molecule is CCCC(C)(CCC)Cc1cnccn1. The second-order valence-electron chi connectivity index (χ2n) is 4.68. The zero-order valence-electron chi connectivity index (χ0n) is 10.2. The minimum atomic E-state index is 0.402. The normalized spacial score (nSPS) is 11.7. The zero-order chi connectivity index (χ0) is 11.1. The molecule has 0 amide bonds. The van der Waals surface area contributed by atoms with E-state index in [0.717, 1.165) is 12.1 Å². The molecule has 1 aromatic heterocycles. The molecule has 2 nitrogen and oxygen atoms in total. The molecule has 1 aromatic rings. The average molecular weight is 206 g/mol. The molecule has 0 fully saturated rings. The van der Waals surface area contributed by atoms with E-state index in [1.54, 1.807) is 12.4 Å². The molecular formula is C13H22N2. The Balaban J connectivity index is 2.66. The van der Waals surface area contributed by atoms with Crippen molar-refractivity contribution in [1.29, 1.82) is 0 Å². The second kappa shape index (κ2) is 5.84. The molecule has 0 bridgehead atoms. The second-order valence-corrected chi connectivity index (χ2v) is 4.68. The smallest absolute Gasteiger partial charge is 0.0592 e. The van der Waals surface area contributed by atoms with Crippen LogP contribution in [0.5, 0.6) is 0 Å². The highest BCUT2D eigenvalue weighted by Crippen LogP contribution is 2.32. The summed E-state index contributed by atoms with van der Waals surface area (Å²) in [5, 5.41) is 0. The molecule has 0 saturated heterocycles. The van der Waals surface area contributed by atoms with Gasteiger partial charge in [-0.2, -0.15) is 0 Å². The molecule has 84 valence electrons. The van der Waals surface area contributed by atoms with E-state index in [4.69, 9.17) is 0 Å². The molecule has 1 rings (SSSR count). The molecule has 2 heteroatoms. The molecule has 0 spiro atoms. The first kappa shape index (κ1) is 12.2. The summed E-state index contributed by atoms with van der Waals surface area (Å²) in [4.78, 5) is 8.49. The van der Waals surface area contributed by atoms with Crippen molar-refractivity contribution in [3.05, 3.63) is 24.3 Å². The molecular weight excluding hydrogens is 184 g/mol. The van der Waals surface area contributed by atoms with Crippen molar-refractivity contribution in [2.24, 2.45) is 5.41 Å². The molecule has 15 heavy (non-hydrogen) atoms. The van der Waals surface area contributed by atoms with Gasteiger partial charge in [0.1, 0.15) is 0 Å². The third kappa shape index (κ3) is 3.98. The summed E-state index contributed by atoms with van der Waals surface area (Å²) in [6, 6.07) is 0. The summed E-state index contributed by atoms with van der Waals surface area (Å²) in [6.45, 7) is 6.88. The van der Waals surface area contributed by atoms with Crippen LogP contribution in [0.4, 0.5) is 0 Å². The maximum Gasteiger partial charge on any atom is 0.0592 e. The zero-order valence-corrected chi connectivity index (χ0v) is 10.2. The minimum absolute atomic E-state index is 0.402. The largest absolute Gasteiger partial charge is 0.261 e. The van der Waals surface area contributed by atoms with Crippen LogP contribution in [0.3, 0.4) is 0 Å². The van der Waals surface area contributed by atoms with Crippen LogP contribution in [-0.4, -0.2) is 9.97 Å². The van der Waals surface area contributed by atoms with Crippen LogP contribution >= 0.6 is 0 Å². The van der Waals surface area contributed by atoms with Gasteiger partial charge in [0.25, 0.3) is 0 Å². The fourth-order valence-corrected chi connectivity index (χ4v) is 2.37. The van der Waals surface area contributed by atoms with Crippen molar-refractivity contribution in [3.63, 3.8) is 0 Å². The summed E-state index contributed by atoms with van der Waals surface area (Å²) in [6.07, 6.45) is 11.5. The van der Waals surface area contributed by atoms with Crippen LogP contribution in [-0.2, 0) is 6.42 Å². The third-order valence-electron chi connectivity index (χ3n) is 2.93. The Bertz CT molecular complexity index is 263. The Morgan fingerprint density at radius 2 is 1.80 bits per heavy atom. The first-order valence-electron chi connectivity index (χ1n) is 5.95. The molecule has 0 radical (unpaired) electrons. The molecule has 1 heterocycles. The Hall–Kier alpha value is -0.920. The molecule has 0 N–H and O–H groups in total. The van der Waals surface area contributed by atoms with Gasteiger partial charge in [-0.05, 0) is 24.7 Å². The van der Waals surface area contributed by atoms with Gasteiger partial charge in [0.05, 0.1) is 5.69 Å². The van der Waals surface area contributed by atoms with Crippen molar-refractivity contribution in [2.75, 3.05) is 0 Å². The lowest BCUT2D eigenvalue weighted by atomic mass is 9.77. The number of hydrogen-bond acceptors (Lipinski definition) is 2. The fourth-order valence-electron chi connectivity index (χ4n) is 2.37. The molecule has 0 unspecified atom stereocenters. The molecule has 0 saturated carbocycles. The molecule has 0 aromatic carbocycles. The van der Waals surface area contributed by atoms with Gasteiger partial charge in [-0.25, -0.2) is 0 Å². The topological polar surface area (TPSA) is 25.8 Å². The van der Waals surface area contributed by atoms with Crippen LogP contribution in [0.2, 0.25) is 0 Å². The van der Waals surface area contributed by atoms with Gasteiger partial charge in [-0.15, -0.1) is 0 Å². The van der Waals surface area contributed by atoms with E-state index in [0.29, 0.717) is 5.41 Å². The monoisotopic (exact) mass is 206 g/mol. The van der Waals surface area contributed by atoms with E-state index >= 15 is 0 Å². The maximum atomic E-state index is 4.37. The van der Waals surface area contributed by atoms with E-state index < -0.39 is 0 Å². The average Bonchev–Trinajstić information content (AvgIpc) is 2.19. The van der Waals surface area contributed by atoms with Crippen molar-refractivity contribution in [3.8, 4) is 0 Å². The number of rotatable bonds is 6. The van der Waals surface area contributed by atoms with Crippen LogP contribution < -0.4 is 0 Å². The van der Waals surface area contributed by atoms with Crippen molar-refractivity contribution >= 4 is 0 Å². The minimum Gasteiger partial charge on any atom is -0.261 e. The van der Waals surface area contributed by atoms with Crippen LogP contribution in [0, 0.1) is 5.41 Å². The van der Waals surface area contributed by atoms with Gasteiger partial charge < -0.3 is 0 Å². The Kier molecular flexibility index (Phi) is 4.73. The van der Waals surface area contributed by atoms with Gasteiger partial charge >= 0.3 is 0 Å². The van der Waals surface area contributed by atoms with Gasteiger partial charge in [0, 0.05) is 18.6 Å². The number of aromatic nitrogens is 2. The lowest BCUT2D eigenvalue weighted by Crippen LogP contribution is -2.20. The van der Waals surface area contributed by atoms with E-state index in [9.17, 15) is 0 Å². The van der Waals surface area contributed by atoms with Gasteiger partial charge in [-0.1, -0.05) is 33.6 Å². The Morgan fingerprint density at radius 3 is 2.27 bits per heavy atom. The lowest BCUT2D eigenvalue weighted by molar-refractivity contribution is 0.261. The third-order valence-corrected chi connectivity index (χ3v) is 2.93. The quantitative estimate of drug-likeness (QED) is 0.710.